The third-order valence-electron chi connectivity index (χ3n) is 4.90. The lowest BCUT2D eigenvalue weighted by atomic mass is 9.84. The van der Waals surface area contributed by atoms with Crippen LogP contribution in [0.15, 0.2) is 24.3 Å². The summed E-state index contributed by atoms with van der Waals surface area (Å²) in [6.45, 7) is 11.9. The molecule has 3 aromatic rings. The summed E-state index contributed by atoms with van der Waals surface area (Å²) in [6, 6.07) is 6.90. The minimum atomic E-state index is -0.441. The van der Waals surface area contributed by atoms with Crippen LogP contribution in [0.25, 0.3) is 21.8 Å². The summed E-state index contributed by atoms with van der Waals surface area (Å²) in [7, 11) is 0. The second-order valence-electron chi connectivity index (χ2n) is 8.98. The van der Waals surface area contributed by atoms with Crippen LogP contribution in [0.5, 0.6) is 0 Å². The Balaban J connectivity index is 2.55. The number of aromatic amines is 1. The van der Waals surface area contributed by atoms with Crippen LogP contribution in [0.4, 0.5) is 11.4 Å². The normalized spacial score (nSPS) is 12.7. The highest BCUT2D eigenvalue weighted by Crippen LogP contribution is 2.41. The number of aromatic nitrogens is 1. The summed E-state index contributed by atoms with van der Waals surface area (Å²) >= 11 is 0. The predicted molar refractivity (Wildman–Crippen MR) is 107 cm³/mol. The zero-order valence-electron chi connectivity index (χ0n) is 16.3. The number of benzene rings is 2. The van der Waals surface area contributed by atoms with E-state index in [2.05, 4.69) is 4.98 Å². The van der Waals surface area contributed by atoms with Crippen molar-refractivity contribution in [2.75, 3.05) is 0 Å². The minimum Gasteiger partial charge on any atom is -0.343 e. The number of nitrogens with zero attached hydrogens (tertiary/aromatic N) is 2. The van der Waals surface area contributed by atoms with Crippen molar-refractivity contribution < 1.29 is 9.85 Å². The molecule has 0 unspecified atom stereocenters. The lowest BCUT2D eigenvalue weighted by Crippen LogP contribution is -2.11. The van der Waals surface area contributed by atoms with E-state index in [1.165, 1.54) is 0 Å². The molecule has 0 spiro atoms. The Hall–Kier alpha value is -2.96. The lowest BCUT2D eigenvalue weighted by Gasteiger charge is -2.20. The first kappa shape index (κ1) is 18.8. The van der Waals surface area contributed by atoms with Crippen LogP contribution in [-0.2, 0) is 10.8 Å². The van der Waals surface area contributed by atoms with E-state index in [1.807, 2.05) is 53.7 Å². The third kappa shape index (κ3) is 3.13. The number of H-pyrrole nitrogens is 1. The Labute approximate surface area is 156 Å². The second-order valence-corrected chi connectivity index (χ2v) is 8.98. The monoisotopic (exact) mass is 369 g/mol. The van der Waals surface area contributed by atoms with E-state index in [9.17, 15) is 20.2 Å². The van der Waals surface area contributed by atoms with Gasteiger partial charge < -0.3 is 4.98 Å². The zero-order valence-corrected chi connectivity index (χ0v) is 16.3. The van der Waals surface area contributed by atoms with Gasteiger partial charge in [-0.1, -0.05) is 41.5 Å². The van der Waals surface area contributed by atoms with Gasteiger partial charge in [-0.05, 0) is 34.1 Å². The van der Waals surface area contributed by atoms with E-state index in [0.717, 1.165) is 11.1 Å². The maximum atomic E-state index is 11.7. The molecule has 0 saturated carbocycles. The standard InChI is InChI=1S/C20H23N3O4/c1-19(2,3)11-7-13-14-8-12(20(4,5)6)10-16(23(26)27)18(14)21-17(13)15(9-11)22(24)25/h7-10,21H,1-6H3. The highest BCUT2D eigenvalue weighted by atomic mass is 16.6. The SMILES string of the molecule is CC(C)(C)c1cc([N+](=O)[O-])c2[nH]c3c([N+](=O)[O-])cc(C(C)(C)C)cc3c2c1. The van der Waals surface area contributed by atoms with E-state index in [1.54, 1.807) is 12.1 Å². The van der Waals surface area contributed by atoms with Crippen molar-refractivity contribution in [3.8, 4) is 0 Å². The molecule has 0 fully saturated rings. The molecule has 7 heteroatoms. The summed E-state index contributed by atoms with van der Waals surface area (Å²) in [6.07, 6.45) is 0. The van der Waals surface area contributed by atoms with E-state index < -0.39 is 9.85 Å². The van der Waals surface area contributed by atoms with Crippen molar-refractivity contribution in [3.05, 3.63) is 55.6 Å². The molecule has 0 radical (unpaired) electrons. The predicted octanol–water partition coefficient (Wildman–Crippen LogP) is 5.73. The molecule has 0 amide bonds. The Kier molecular flexibility index (Phi) is 4.02. The topological polar surface area (TPSA) is 102 Å². The summed E-state index contributed by atoms with van der Waals surface area (Å²) in [4.78, 5) is 25.4. The minimum absolute atomic E-state index is 0.0692. The molecule has 3 rings (SSSR count). The third-order valence-corrected chi connectivity index (χ3v) is 4.90. The smallest absolute Gasteiger partial charge is 0.293 e. The van der Waals surface area contributed by atoms with Gasteiger partial charge in [-0.15, -0.1) is 0 Å². The van der Waals surface area contributed by atoms with Crippen molar-refractivity contribution >= 4 is 33.2 Å². The number of non-ortho nitro benzene ring substituents is 2. The molecule has 1 aromatic heterocycles. The molecule has 0 bridgehead atoms. The Morgan fingerprint density at radius 3 is 1.30 bits per heavy atom. The van der Waals surface area contributed by atoms with Crippen LogP contribution in [0.3, 0.4) is 0 Å². The summed E-state index contributed by atoms with van der Waals surface area (Å²) < 4.78 is 0. The van der Waals surface area contributed by atoms with Crippen LogP contribution in [0, 0.1) is 20.2 Å². The van der Waals surface area contributed by atoms with Crippen molar-refractivity contribution in [3.63, 3.8) is 0 Å². The second kappa shape index (κ2) is 5.77. The number of hydrogen-bond acceptors (Lipinski definition) is 4. The summed E-state index contributed by atoms with van der Waals surface area (Å²) in [5.74, 6) is 0. The Morgan fingerprint density at radius 1 is 0.704 bits per heavy atom. The number of nitro groups is 2. The molecule has 0 atom stereocenters. The highest BCUT2D eigenvalue weighted by Gasteiger charge is 2.27. The van der Waals surface area contributed by atoms with Crippen molar-refractivity contribution in [1.29, 1.82) is 0 Å². The largest absolute Gasteiger partial charge is 0.343 e. The van der Waals surface area contributed by atoms with Gasteiger partial charge in [0.1, 0.15) is 11.0 Å². The van der Waals surface area contributed by atoms with E-state index in [-0.39, 0.29) is 22.2 Å². The molecule has 1 heterocycles. The Bertz CT molecular complexity index is 1010. The molecule has 0 aliphatic rings. The fourth-order valence-electron chi connectivity index (χ4n) is 3.22. The van der Waals surface area contributed by atoms with Gasteiger partial charge in [-0.3, -0.25) is 20.2 Å². The number of nitro benzene ring substituents is 2. The van der Waals surface area contributed by atoms with E-state index in [0.29, 0.717) is 21.8 Å². The van der Waals surface area contributed by atoms with Gasteiger partial charge in [-0.25, -0.2) is 0 Å². The molecule has 0 saturated heterocycles. The molecule has 2 aromatic carbocycles. The quantitative estimate of drug-likeness (QED) is 0.460. The number of nitrogens with one attached hydrogen (secondary N) is 1. The molecule has 142 valence electrons. The fraction of sp³-hybridized carbons (Fsp3) is 0.400. The molecule has 27 heavy (non-hydrogen) atoms. The van der Waals surface area contributed by atoms with Gasteiger partial charge in [0.25, 0.3) is 11.4 Å². The summed E-state index contributed by atoms with van der Waals surface area (Å²) in [5, 5.41) is 24.6. The van der Waals surface area contributed by atoms with E-state index >= 15 is 0 Å². The van der Waals surface area contributed by atoms with Gasteiger partial charge in [0, 0.05) is 22.9 Å². The lowest BCUT2D eigenvalue weighted by molar-refractivity contribution is -0.383. The molecule has 1 N–H and O–H groups in total. The van der Waals surface area contributed by atoms with Gasteiger partial charge in [-0.2, -0.15) is 0 Å². The van der Waals surface area contributed by atoms with Crippen molar-refractivity contribution in [1.82, 2.24) is 4.98 Å². The van der Waals surface area contributed by atoms with E-state index in [4.69, 9.17) is 0 Å². The van der Waals surface area contributed by atoms with Crippen molar-refractivity contribution in [2.45, 2.75) is 52.4 Å². The van der Waals surface area contributed by atoms with Gasteiger partial charge in [0.05, 0.1) is 9.85 Å². The van der Waals surface area contributed by atoms with Crippen LogP contribution < -0.4 is 0 Å². The Morgan fingerprint density at radius 2 is 1.04 bits per heavy atom. The van der Waals surface area contributed by atoms with Crippen molar-refractivity contribution in [2.24, 2.45) is 0 Å². The average molecular weight is 369 g/mol. The first-order valence-electron chi connectivity index (χ1n) is 8.74. The average Bonchev–Trinajstić information content (AvgIpc) is 2.89. The van der Waals surface area contributed by atoms with Gasteiger partial charge >= 0.3 is 0 Å². The first-order chi connectivity index (χ1) is 12.3. The molecule has 0 aliphatic heterocycles. The zero-order chi connectivity index (χ0) is 20.3. The molecular formula is C20H23N3O4. The maximum Gasteiger partial charge on any atom is 0.293 e. The van der Waals surface area contributed by atoms with Crippen LogP contribution >= 0.6 is 0 Å². The van der Waals surface area contributed by atoms with Gasteiger partial charge in [0.15, 0.2) is 0 Å². The number of fused-ring (bicyclic) bond motifs is 3. The van der Waals surface area contributed by atoms with Crippen LogP contribution in [-0.4, -0.2) is 14.8 Å². The number of hydrogen-bond donors (Lipinski definition) is 1. The highest BCUT2D eigenvalue weighted by molar-refractivity contribution is 6.13. The fourth-order valence-corrected chi connectivity index (χ4v) is 3.22. The van der Waals surface area contributed by atoms with Crippen LogP contribution in [0.2, 0.25) is 0 Å². The van der Waals surface area contributed by atoms with Crippen LogP contribution in [0.1, 0.15) is 52.7 Å². The number of rotatable bonds is 2. The molecule has 7 nitrogen and oxygen atoms in total. The molecular weight excluding hydrogens is 346 g/mol. The first-order valence-corrected chi connectivity index (χ1v) is 8.74. The van der Waals surface area contributed by atoms with Gasteiger partial charge in [0.2, 0.25) is 0 Å². The maximum absolute atomic E-state index is 11.7. The molecule has 0 aliphatic carbocycles. The summed E-state index contributed by atoms with van der Waals surface area (Å²) in [5.41, 5.74) is 1.53.